The van der Waals surface area contributed by atoms with E-state index in [4.69, 9.17) is 11.6 Å². The summed E-state index contributed by atoms with van der Waals surface area (Å²) < 4.78 is 0. The van der Waals surface area contributed by atoms with Gasteiger partial charge in [-0.2, -0.15) is 0 Å². The normalized spacial score (nSPS) is 11.7. The summed E-state index contributed by atoms with van der Waals surface area (Å²) in [6.07, 6.45) is 0. The highest BCUT2D eigenvalue weighted by Gasteiger charge is 2.20. The van der Waals surface area contributed by atoms with Crippen molar-refractivity contribution >= 4 is 23.1 Å². The molecule has 1 rings (SSSR count). The highest BCUT2D eigenvalue weighted by molar-refractivity contribution is 6.29. The molecule has 0 radical (unpaired) electrons. The number of rotatable bonds is 5. The quantitative estimate of drug-likeness (QED) is 0.506. The van der Waals surface area contributed by atoms with Crippen LogP contribution in [0.1, 0.15) is 13.8 Å². The lowest BCUT2D eigenvalue weighted by Crippen LogP contribution is -2.44. The summed E-state index contributed by atoms with van der Waals surface area (Å²) in [5, 5.41) is 13.9. The van der Waals surface area contributed by atoms with Gasteiger partial charge in [0.05, 0.1) is 17.1 Å². The smallest absolute Gasteiger partial charge is 0.276 e. The Labute approximate surface area is 111 Å². The number of anilines is 1. The number of likely N-dealkylation sites (N-methyl/N-ethyl adjacent to an activating group) is 1. The largest absolute Gasteiger partial charge is 0.368 e. The SMILES string of the molecule is CN(C)C(C)(C)CNc1cc([N+](=O)[O-])cc(Cl)n1. The number of nitrogens with zero attached hydrogens (tertiary/aromatic N) is 3. The Morgan fingerprint density at radius 1 is 1.50 bits per heavy atom. The summed E-state index contributed by atoms with van der Waals surface area (Å²) in [6, 6.07) is 2.60. The monoisotopic (exact) mass is 272 g/mol. The Balaban J connectivity index is 2.83. The Hall–Kier alpha value is -1.40. The van der Waals surface area contributed by atoms with Crippen molar-refractivity contribution in [1.82, 2.24) is 9.88 Å². The second-order valence-electron chi connectivity index (χ2n) is 4.85. The van der Waals surface area contributed by atoms with Gasteiger partial charge in [-0.3, -0.25) is 10.1 Å². The van der Waals surface area contributed by atoms with E-state index in [0.717, 1.165) is 0 Å². The fourth-order valence-corrected chi connectivity index (χ4v) is 1.35. The van der Waals surface area contributed by atoms with Crippen LogP contribution >= 0.6 is 11.6 Å². The molecule has 0 aliphatic rings. The summed E-state index contributed by atoms with van der Waals surface area (Å²) >= 11 is 5.74. The third-order valence-corrected chi connectivity index (χ3v) is 3.10. The number of hydrogen-bond acceptors (Lipinski definition) is 5. The molecule has 0 saturated carbocycles. The molecule has 0 spiro atoms. The van der Waals surface area contributed by atoms with Gasteiger partial charge in [-0.05, 0) is 27.9 Å². The zero-order valence-electron chi connectivity index (χ0n) is 10.9. The molecule has 0 saturated heterocycles. The average molecular weight is 273 g/mol. The number of nitrogens with one attached hydrogen (secondary N) is 1. The molecule has 1 N–H and O–H groups in total. The number of halogens is 1. The lowest BCUT2D eigenvalue weighted by molar-refractivity contribution is -0.384. The van der Waals surface area contributed by atoms with Crippen LogP contribution in [-0.2, 0) is 0 Å². The minimum Gasteiger partial charge on any atom is -0.368 e. The van der Waals surface area contributed by atoms with Crippen molar-refractivity contribution in [3.8, 4) is 0 Å². The second-order valence-corrected chi connectivity index (χ2v) is 5.24. The molecule has 6 nitrogen and oxygen atoms in total. The van der Waals surface area contributed by atoms with E-state index < -0.39 is 4.92 Å². The van der Waals surface area contributed by atoms with E-state index in [9.17, 15) is 10.1 Å². The van der Waals surface area contributed by atoms with E-state index in [1.807, 2.05) is 14.1 Å². The van der Waals surface area contributed by atoms with Gasteiger partial charge in [0.15, 0.2) is 0 Å². The first-order valence-electron chi connectivity index (χ1n) is 5.45. The molecular weight excluding hydrogens is 256 g/mol. The maximum absolute atomic E-state index is 10.7. The molecule has 100 valence electrons. The lowest BCUT2D eigenvalue weighted by Gasteiger charge is -2.32. The Kier molecular flexibility index (Phi) is 4.48. The van der Waals surface area contributed by atoms with Crippen LogP contribution in [-0.4, -0.2) is 41.0 Å². The minimum absolute atomic E-state index is 0.0693. The van der Waals surface area contributed by atoms with E-state index >= 15 is 0 Å². The van der Waals surface area contributed by atoms with E-state index in [-0.39, 0.29) is 16.4 Å². The van der Waals surface area contributed by atoms with E-state index in [2.05, 4.69) is 29.0 Å². The summed E-state index contributed by atoms with van der Waals surface area (Å²) in [7, 11) is 3.94. The van der Waals surface area contributed by atoms with Gasteiger partial charge in [0.1, 0.15) is 11.0 Å². The Morgan fingerprint density at radius 2 is 2.11 bits per heavy atom. The molecule has 1 aromatic rings. The topological polar surface area (TPSA) is 71.3 Å². The molecule has 1 heterocycles. The lowest BCUT2D eigenvalue weighted by atomic mass is 10.0. The van der Waals surface area contributed by atoms with Crippen molar-refractivity contribution < 1.29 is 4.92 Å². The summed E-state index contributed by atoms with van der Waals surface area (Å²) in [5.41, 5.74) is -0.168. The first-order valence-corrected chi connectivity index (χ1v) is 5.83. The molecule has 0 fully saturated rings. The number of aromatic nitrogens is 1. The van der Waals surface area contributed by atoms with Crippen LogP contribution in [0.4, 0.5) is 11.5 Å². The van der Waals surface area contributed by atoms with Gasteiger partial charge >= 0.3 is 0 Å². The predicted molar refractivity (Wildman–Crippen MR) is 72.2 cm³/mol. The molecule has 0 unspecified atom stereocenters. The average Bonchev–Trinajstić information content (AvgIpc) is 2.25. The summed E-state index contributed by atoms with van der Waals surface area (Å²) in [4.78, 5) is 16.3. The van der Waals surface area contributed by atoms with Gasteiger partial charge in [-0.15, -0.1) is 0 Å². The van der Waals surface area contributed by atoms with Gasteiger partial charge in [0.25, 0.3) is 5.69 Å². The standard InChI is InChI=1S/C11H17ClN4O2/c1-11(2,15(3)4)7-13-10-6-8(16(17)18)5-9(12)14-10/h5-6H,7H2,1-4H3,(H,13,14). The first-order chi connectivity index (χ1) is 8.22. The van der Waals surface area contributed by atoms with E-state index in [1.54, 1.807) is 0 Å². The Morgan fingerprint density at radius 3 is 2.61 bits per heavy atom. The molecule has 7 heteroatoms. The van der Waals surface area contributed by atoms with Crippen LogP contribution in [0.2, 0.25) is 5.15 Å². The first kappa shape index (κ1) is 14.7. The molecule has 0 aliphatic carbocycles. The minimum atomic E-state index is -0.490. The third-order valence-electron chi connectivity index (χ3n) is 2.90. The number of hydrogen-bond donors (Lipinski definition) is 1. The van der Waals surface area contributed by atoms with Crippen molar-refractivity contribution in [2.45, 2.75) is 19.4 Å². The van der Waals surface area contributed by atoms with Gasteiger partial charge in [0.2, 0.25) is 0 Å². The van der Waals surface area contributed by atoms with Gasteiger partial charge in [-0.25, -0.2) is 4.98 Å². The molecule has 0 bridgehead atoms. The van der Waals surface area contributed by atoms with Crippen LogP contribution in [0.5, 0.6) is 0 Å². The molecule has 0 aliphatic heterocycles. The van der Waals surface area contributed by atoms with Crippen molar-refractivity contribution in [1.29, 1.82) is 0 Å². The molecular formula is C11H17ClN4O2. The summed E-state index contributed by atoms with van der Waals surface area (Å²) in [5.74, 6) is 0.407. The fourth-order valence-electron chi connectivity index (χ4n) is 1.14. The van der Waals surface area contributed by atoms with Crippen molar-refractivity contribution in [2.24, 2.45) is 0 Å². The highest BCUT2D eigenvalue weighted by atomic mass is 35.5. The van der Waals surface area contributed by atoms with Gasteiger partial charge in [-0.1, -0.05) is 11.6 Å². The zero-order valence-corrected chi connectivity index (χ0v) is 11.7. The van der Waals surface area contributed by atoms with Gasteiger partial charge < -0.3 is 10.2 Å². The van der Waals surface area contributed by atoms with Crippen molar-refractivity contribution in [3.05, 3.63) is 27.4 Å². The summed E-state index contributed by atoms with van der Waals surface area (Å²) in [6.45, 7) is 4.71. The van der Waals surface area contributed by atoms with Crippen LogP contribution in [0.25, 0.3) is 0 Å². The van der Waals surface area contributed by atoms with Crippen molar-refractivity contribution in [3.63, 3.8) is 0 Å². The van der Waals surface area contributed by atoms with Crippen LogP contribution in [0.3, 0.4) is 0 Å². The Bertz CT molecular complexity index is 449. The fraction of sp³-hybridized carbons (Fsp3) is 0.545. The van der Waals surface area contributed by atoms with Crippen LogP contribution in [0, 0.1) is 10.1 Å². The van der Waals surface area contributed by atoms with Crippen LogP contribution in [0.15, 0.2) is 12.1 Å². The predicted octanol–water partition coefficient (Wildman–Crippen LogP) is 2.40. The molecule has 1 aromatic heterocycles. The van der Waals surface area contributed by atoms with E-state index in [0.29, 0.717) is 12.4 Å². The number of nitro groups is 1. The molecule has 18 heavy (non-hydrogen) atoms. The van der Waals surface area contributed by atoms with E-state index in [1.165, 1.54) is 12.1 Å². The maximum Gasteiger partial charge on any atom is 0.276 e. The van der Waals surface area contributed by atoms with Crippen molar-refractivity contribution in [2.75, 3.05) is 26.0 Å². The molecule has 0 amide bonds. The maximum atomic E-state index is 10.7. The van der Waals surface area contributed by atoms with Gasteiger partial charge in [0, 0.05) is 12.1 Å². The molecule has 0 atom stereocenters. The number of pyridine rings is 1. The second kappa shape index (κ2) is 5.49. The highest BCUT2D eigenvalue weighted by Crippen LogP contribution is 2.21. The van der Waals surface area contributed by atoms with Crippen LogP contribution < -0.4 is 5.32 Å². The molecule has 0 aromatic carbocycles. The third kappa shape index (κ3) is 3.82. The zero-order chi connectivity index (χ0) is 13.9.